The predicted octanol–water partition coefficient (Wildman–Crippen LogP) is 2.26. The number of benzene rings is 1. The van der Waals surface area contributed by atoms with Crippen LogP contribution < -0.4 is 9.64 Å². The molecule has 0 atom stereocenters. The number of fused-ring (bicyclic) bond motifs is 1. The van der Waals surface area contributed by atoms with Crippen molar-refractivity contribution in [1.82, 2.24) is 14.2 Å². The second-order valence-corrected chi connectivity index (χ2v) is 9.72. The van der Waals surface area contributed by atoms with Gasteiger partial charge in [-0.05, 0) is 32.1 Å². The van der Waals surface area contributed by atoms with Crippen LogP contribution in [0.15, 0.2) is 18.2 Å². The fourth-order valence-electron chi connectivity index (χ4n) is 2.80. The van der Waals surface area contributed by atoms with Gasteiger partial charge in [0, 0.05) is 20.1 Å². The van der Waals surface area contributed by atoms with Crippen LogP contribution in [-0.2, 0) is 14.8 Å². The molecule has 0 aliphatic carbocycles. The highest BCUT2D eigenvalue weighted by Gasteiger charge is 2.24. The molecule has 1 heterocycles. The zero-order chi connectivity index (χ0) is 21.6. The summed E-state index contributed by atoms with van der Waals surface area (Å²) < 4.78 is 31.2. The summed E-state index contributed by atoms with van der Waals surface area (Å²) in [7, 11) is -2.05. The molecule has 0 aliphatic heterocycles. The van der Waals surface area contributed by atoms with E-state index in [1.165, 1.54) is 18.4 Å². The molecule has 1 amide bonds. The van der Waals surface area contributed by atoms with Gasteiger partial charge in [0.1, 0.15) is 11.3 Å². The highest BCUT2D eigenvalue weighted by atomic mass is 32.2. The van der Waals surface area contributed by atoms with E-state index in [0.29, 0.717) is 36.1 Å². The Morgan fingerprint density at radius 1 is 1.17 bits per heavy atom. The Morgan fingerprint density at radius 2 is 1.86 bits per heavy atom. The second kappa shape index (κ2) is 10.3. The zero-order valence-electron chi connectivity index (χ0n) is 17.7. The van der Waals surface area contributed by atoms with Crippen LogP contribution in [0.3, 0.4) is 0 Å². The maximum Gasteiger partial charge on any atom is 0.244 e. The quantitative estimate of drug-likeness (QED) is 0.531. The van der Waals surface area contributed by atoms with E-state index < -0.39 is 10.0 Å². The van der Waals surface area contributed by atoms with Gasteiger partial charge in [0.2, 0.25) is 15.9 Å². The molecule has 0 unspecified atom stereocenters. The van der Waals surface area contributed by atoms with Crippen LogP contribution in [0.25, 0.3) is 10.2 Å². The van der Waals surface area contributed by atoms with Crippen molar-refractivity contribution in [3.05, 3.63) is 18.2 Å². The van der Waals surface area contributed by atoms with E-state index in [0.717, 1.165) is 28.4 Å². The molecule has 8 nitrogen and oxygen atoms in total. The van der Waals surface area contributed by atoms with Crippen LogP contribution in [0.1, 0.15) is 20.8 Å². The fraction of sp³-hybridized carbons (Fsp3) is 0.579. The summed E-state index contributed by atoms with van der Waals surface area (Å²) in [6.07, 6.45) is 1.09. The summed E-state index contributed by atoms with van der Waals surface area (Å²) in [6, 6.07) is 5.69. The van der Waals surface area contributed by atoms with Crippen LogP contribution >= 0.6 is 11.3 Å². The number of ether oxygens (including phenoxy) is 1. The van der Waals surface area contributed by atoms with Gasteiger partial charge < -0.3 is 9.64 Å². The highest BCUT2D eigenvalue weighted by Crippen LogP contribution is 2.34. The van der Waals surface area contributed by atoms with E-state index in [2.05, 4.69) is 23.7 Å². The van der Waals surface area contributed by atoms with Crippen LogP contribution in [0.4, 0.5) is 5.13 Å². The third-order valence-corrected chi connectivity index (χ3v) is 6.97. The monoisotopic (exact) mass is 442 g/mol. The average Bonchev–Trinajstić information content (AvgIpc) is 3.09. The SMILES string of the molecule is CCOc1cccc2sc(N(CCN(CC)CC)C(=O)CN(C)S(C)(=O)=O)nc12. The number of amides is 1. The summed E-state index contributed by atoms with van der Waals surface area (Å²) in [5.41, 5.74) is 0.714. The van der Waals surface area contributed by atoms with Gasteiger partial charge in [0.15, 0.2) is 5.13 Å². The van der Waals surface area contributed by atoms with Gasteiger partial charge in [-0.15, -0.1) is 0 Å². The first-order chi connectivity index (χ1) is 13.7. The summed E-state index contributed by atoms with van der Waals surface area (Å²) >= 11 is 1.40. The van der Waals surface area contributed by atoms with Crippen molar-refractivity contribution >= 4 is 42.6 Å². The standard InChI is InChI=1S/C19H30N4O4S2/c1-6-22(7-2)12-13-23(17(24)14-21(4)29(5,25)26)19-20-18-15(27-8-3)10-9-11-16(18)28-19/h9-11H,6-8,12-14H2,1-5H3. The van der Waals surface area contributed by atoms with Crippen LogP contribution in [0.5, 0.6) is 5.75 Å². The molecule has 0 saturated carbocycles. The van der Waals surface area contributed by atoms with Gasteiger partial charge in [-0.1, -0.05) is 31.3 Å². The van der Waals surface area contributed by atoms with Crippen molar-refractivity contribution in [2.75, 3.05) is 57.5 Å². The van der Waals surface area contributed by atoms with Crippen molar-refractivity contribution in [3.63, 3.8) is 0 Å². The number of hydrogen-bond donors (Lipinski definition) is 0. The molecule has 2 rings (SSSR count). The first-order valence-electron chi connectivity index (χ1n) is 9.67. The molecule has 2 aromatic rings. The van der Waals surface area contributed by atoms with E-state index in [1.807, 2.05) is 25.1 Å². The summed E-state index contributed by atoms with van der Waals surface area (Å²) in [4.78, 5) is 21.5. The molecule has 1 aromatic heterocycles. The third-order valence-electron chi connectivity index (χ3n) is 4.66. The average molecular weight is 443 g/mol. The lowest BCUT2D eigenvalue weighted by atomic mass is 10.3. The van der Waals surface area contributed by atoms with Gasteiger partial charge in [-0.3, -0.25) is 9.69 Å². The normalized spacial score (nSPS) is 12.1. The minimum absolute atomic E-state index is 0.231. The summed E-state index contributed by atoms with van der Waals surface area (Å²) in [6.45, 7) is 9.19. The van der Waals surface area contributed by atoms with E-state index in [-0.39, 0.29) is 12.5 Å². The number of anilines is 1. The Balaban J connectivity index is 2.37. The first-order valence-corrected chi connectivity index (χ1v) is 12.3. The third kappa shape index (κ3) is 6.11. The largest absolute Gasteiger partial charge is 0.492 e. The van der Waals surface area contributed by atoms with Crippen molar-refractivity contribution in [2.24, 2.45) is 0 Å². The number of hydrogen-bond acceptors (Lipinski definition) is 7. The van der Waals surface area contributed by atoms with Crippen molar-refractivity contribution in [1.29, 1.82) is 0 Å². The van der Waals surface area contributed by atoms with Crippen LogP contribution in [-0.4, -0.2) is 81.1 Å². The van der Waals surface area contributed by atoms with Crippen molar-refractivity contribution in [3.8, 4) is 5.75 Å². The van der Waals surface area contributed by atoms with Gasteiger partial charge in [-0.2, -0.15) is 4.31 Å². The topological polar surface area (TPSA) is 83.0 Å². The minimum Gasteiger partial charge on any atom is -0.492 e. The molecule has 1 aromatic carbocycles. The smallest absolute Gasteiger partial charge is 0.244 e. The second-order valence-electron chi connectivity index (χ2n) is 6.62. The number of aromatic nitrogens is 1. The molecule has 0 saturated heterocycles. The van der Waals surface area contributed by atoms with E-state index in [1.54, 1.807) is 4.90 Å². The Bertz CT molecular complexity index is 925. The molecule has 0 spiro atoms. The number of likely N-dealkylation sites (N-methyl/N-ethyl adjacent to an activating group) is 2. The van der Waals surface area contributed by atoms with E-state index in [9.17, 15) is 13.2 Å². The molecular formula is C19H30N4O4S2. The van der Waals surface area contributed by atoms with Crippen molar-refractivity contribution < 1.29 is 17.9 Å². The molecule has 0 fully saturated rings. The van der Waals surface area contributed by atoms with Crippen LogP contribution in [0, 0.1) is 0 Å². The maximum absolute atomic E-state index is 13.0. The Kier molecular flexibility index (Phi) is 8.38. The fourth-order valence-corrected chi connectivity index (χ4v) is 4.17. The zero-order valence-corrected chi connectivity index (χ0v) is 19.3. The van der Waals surface area contributed by atoms with Gasteiger partial charge in [0.05, 0.1) is 24.1 Å². The number of thiazole rings is 1. The lowest BCUT2D eigenvalue weighted by molar-refractivity contribution is -0.118. The van der Waals surface area contributed by atoms with E-state index in [4.69, 9.17) is 4.74 Å². The van der Waals surface area contributed by atoms with Gasteiger partial charge >= 0.3 is 0 Å². The number of carbonyl (C=O) groups is 1. The number of carbonyl (C=O) groups excluding carboxylic acids is 1. The van der Waals surface area contributed by atoms with Gasteiger partial charge in [0.25, 0.3) is 0 Å². The Hall–Kier alpha value is -1.75. The number of para-hydroxylation sites is 1. The molecule has 29 heavy (non-hydrogen) atoms. The Labute approximate surface area is 177 Å². The number of sulfonamides is 1. The lowest BCUT2D eigenvalue weighted by Gasteiger charge is -2.26. The first kappa shape index (κ1) is 23.5. The minimum atomic E-state index is -3.45. The maximum atomic E-state index is 13.0. The predicted molar refractivity (Wildman–Crippen MR) is 118 cm³/mol. The Morgan fingerprint density at radius 3 is 2.45 bits per heavy atom. The van der Waals surface area contributed by atoms with Gasteiger partial charge in [-0.25, -0.2) is 13.4 Å². The van der Waals surface area contributed by atoms with E-state index >= 15 is 0 Å². The molecule has 0 N–H and O–H groups in total. The number of rotatable bonds is 11. The molecule has 0 bridgehead atoms. The highest BCUT2D eigenvalue weighted by molar-refractivity contribution is 7.88. The molecular weight excluding hydrogens is 412 g/mol. The summed E-state index contributed by atoms with van der Waals surface area (Å²) in [5.74, 6) is 0.374. The van der Waals surface area contributed by atoms with Crippen molar-refractivity contribution in [2.45, 2.75) is 20.8 Å². The molecule has 0 radical (unpaired) electrons. The molecule has 10 heteroatoms. The molecule has 0 aliphatic rings. The number of nitrogens with zero attached hydrogens (tertiary/aromatic N) is 4. The lowest BCUT2D eigenvalue weighted by Crippen LogP contribution is -2.44. The molecule has 162 valence electrons. The summed E-state index contributed by atoms with van der Waals surface area (Å²) in [5, 5.41) is 0.547. The van der Waals surface area contributed by atoms with Crippen LogP contribution in [0.2, 0.25) is 0 Å².